The van der Waals surface area contributed by atoms with E-state index in [1.165, 1.54) is 4.88 Å². The van der Waals surface area contributed by atoms with Crippen LogP contribution < -0.4 is 5.56 Å². The predicted octanol–water partition coefficient (Wildman–Crippen LogP) is 2.77. The number of alkyl halides is 1. The highest BCUT2D eigenvalue weighted by Crippen LogP contribution is 2.12. The van der Waals surface area contributed by atoms with Crippen molar-refractivity contribution in [3.8, 4) is 0 Å². The Hall–Kier alpha value is -1.06. The molecule has 0 aromatic carbocycles. The largest absolute Gasteiger partial charge is 0.326 e. The Morgan fingerprint density at radius 1 is 1.33 bits per heavy atom. The molecule has 2 nitrogen and oxygen atoms in total. The summed E-state index contributed by atoms with van der Waals surface area (Å²) in [6.07, 6.45) is 0.773. The van der Waals surface area contributed by atoms with E-state index in [-0.39, 0.29) is 11.4 Å². The lowest BCUT2D eigenvalue weighted by atomic mass is 10.2. The molecular formula is C11H10ClNOS. The van der Waals surface area contributed by atoms with Gasteiger partial charge in [-0.3, -0.25) is 4.79 Å². The van der Waals surface area contributed by atoms with E-state index in [1.807, 2.05) is 17.5 Å². The molecule has 1 N–H and O–H groups in total. The zero-order chi connectivity index (χ0) is 10.7. The normalized spacial score (nSPS) is 10.5. The standard InChI is InChI=1S/C11H10ClNOS/c12-7-8-3-4-9(13-11(8)14)6-10-2-1-5-15-10/h1-5H,6-7H2,(H,13,14). The Kier molecular flexibility index (Phi) is 3.23. The van der Waals surface area contributed by atoms with Gasteiger partial charge in [-0.2, -0.15) is 0 Å². The third kappa shape index (κ3) is 2.49. The van der Waals surface area contributed by atoms with Crippen molar-refractivity contribution in [2.45, 2.75) is 12.3 Å². The Labute approximate surface area is 96.5 Å². The van der Waals surface area contributed by atoms with Crippen LogP contribution in [0, 0.1) is 0 Å². The number of pyridine rings is 1. The molecule has 0 spiro atoms. The number of aromatic nitrogens is 1. The Morgan fingerprint density at radius 2 is 2.20 bits per heavy atom. The van der Waals surface area contributed by atoms with E-state index < -0.39 is 0 Å². The van der Waals surface area contributed by atoms with Crippen molar-refractivity contribution in [3.05, 3.63) is 56.1 Å². The molecular weight excluding hydrogens is 230 g/mol. The molecule has 0 aliphatic heterocycles. The topological polar surface area (TPSA) is 32.9 Å². The van der Waals surface area contributed by atoms with Gasteiger partial charge in [-0.05, 0) is 17.5 Å². The number of thiophene rings is 1. The number of hydrogen-bond donors (Lipinski definition) is 1. The first-order chi connectivity index (χ1) is 7.29. The van der Waals surface area contributed by atoms with Crippen LogP contribution in [0.5, 0.6) is 0 Å². The van der Waals surface area contributed by atoms with Crippen molar-refractivity contribution in [2.75, 3.05) is 0 Å². The fourth-order valence-electron chi connectivity index (χ4n) is 1.35. The summed E-state index contributed by atoms with van der Waals surface area (Å²) in [7, 11) is 0. The molecule has 2 aromatic heterocycles. The molecule has 0 atom stereocenters. The molecule has 0 aliphatic carbocycles. The summed E-state index contributed by atoms with van der Waals surface area (Å²) in [4.78, 5) is 15.5. The molecule has 0 saturated carbocycles. The van der Waals surface area contributed by atoms with E-state index >= 15 is 0 Å². The summed E-state index contributed by atoms with van der Waals surface area (Å²) in [5, 5.41) is 2.03. The molecule has 15 heavy (non-hydrogen) atoms. The third-order valence-electron chi connectivity index (χ3n) is 2.14. The van der Waals surface area contributed by atoms with Crippen LogP contribution in [0.4, 0.5) is 0 Å². The van der Waals surface area contributed by atoms with Gasteiger partial charge in [-0.15, -0.1) is 22.9 Å². The summed E-state index contributed by atoms with van der Waals surface area (Å²) < 4.78 is 0. The second-order valence-electron chi connectivity index (χ2n) is 3.23. The third-order valence-corrected chi connectivity index (χ3v) is 3.30. The number of H-pyrrole nitrogens is 1. The first-order valence-corrected chi connectivity index (χ1v) is 6.00. The molecule has 2 aromatic rings. The van der Waals surface area contributed by atoms with Gasteiger partial charge >= 0.3 is 0 Å². The van der Waals surface area contributed by atoms with Crippen molar-refractivity contribution >= 4 is 22.9 Å². The van der Waals surface area contributed by atoms with Gasteiger partial charge in [0.25, 0.3) is 5.56 Å². The Morgan fingerprint density at radius 3 is 2.80 bits per heavy atom. The molecule has 0 saturated heterocycles. The van der Waals surface area contributed by atoms with Gasteiger partial charge in [0.15, 0.2) is 0 Å². The molecule has 78 valence electrons. The van der Waals surface area contributed by atoms with Gasteiger partial charge in [0, 0.05) is 22.6 Å². The lowest BCUT2D eigenvalue weighted by Gasteiger charge is -2.00. The quantitative estimate of drug-likeness (QED) is 0.821. The molecule has 0 fully saturated rings. The molecule has 0 amide bonds. The minimum Gasteiger partial charge on any atom is -0.326 e. The number of aromatic amines is 1. The molecule has 2 heterocycles. The molecule has 0 bridgehead atoms. The van der Waals surface area contributed by atoms with Crippen LogP contribution in [0.15, 0.2) is 34.4 Å². The van der Waals surface area contributed by atoms with Gasteiger partial charge in [-0.25, -0.2) is 0 Å². The van der Waals surface area contributed by atoms with E-state index in [0.717, 1.165) is 12.1 Å². The summed E-state index contributed by atoms with van der Waals surface area (Å²) in [5.41, 5.74) is 1.46. The lowest BCUT2D eigenvalue weighted by Crippen LogP contribution is -2.12. The molecule has 4 heteroatoms. The summed E-state index contributed by atoms with van der Waals surface area (Å²) in [6, 6.07) is 7.76. The SMILES string of the molecule is O=c1[nH]c(Cc2cccs2)ccc1CCl. The maximum atomic E-state index is 11.5. The smallest absolute Gasteiger partial charge is 0.252 e. The zero-order valence-electron chi connectivity index (χ0n) is 8.00. The Balaban J connectivity index is 2.24. The van der Waals surface area contributed by atoms with Gasteiger partial charge in [0.05, 0.1) is 5.88 Å². The van der Waals surface area contributed by atoms with E-state index in [0.29, 0.717) is 5.56 Å². The van der Waals surface area contributed by atoms with Crippen molar-refractivity contribution in [2.24, 2.45) is 0 Å². The maximum Gasteiger partial charge on any atom is 0.252 e. The van der Waals surface area contributed by atoms with Crippen molar-refractivity contribution < 1.29 is 0 Å². The molecule has 0 aliphatic rings. The number of hydrogen-bond acceptors (Lipinski definition) is 2. The monoisotopic (exact) mass is 239 g/mol. The lowest BCUT2D eigenvalue weighted by molar-refractivity contribution is 1.04. The highest BCUT2D eigenvalue weighted by molar-refractivity contribution is 7.09. The van der Waals surface area contributed by atoms with Crippen molar-refractivity contribution in [1.82, 2.24) is 4.98 Å². The average Bonchev–Trinajstić information content (AvgIpc) is 2.71. The number of nitrogens with one attached hydrogen (secondary N) is 1. The first-order valence-electron chi connectivity index (χ1n) is 4.59. The van der Waals surface area contributed by atoms with Crippen molar-refractivity contribution in [3.63, 3.8) is 0 Å². The average molecular weight is 240 g/mol. The molecule has 0 radical (unpaired) electrons. The maximum absolute atomic E-state index is 11.5. The van der Waals surface area contributed by atoms with Crippen LogP contribution in [0.25, 0.3) is 0 Å². The van der Waals surface area contributed by atoms with E-state index in [9.17, 15) is 4.79 Å². The minimum absolute atomic E-state index is 0.0842. The van der Waals surface area contributed by atoms with Crippen LogP contribution in [-0.2, 0) is 12.3 Å². The highest BCUT2D eigenvalue weighted by Gasteiger charge is 2.01. The van der Waals surface area contributed by atoms with Gasteiger partial charge in [-0.1, -0.05) is 12.1 Å². The fourth-order valence-corrected chi connectivity index (χ4v) is 2.29. The summed E-state index contributed by atoms with van der Waals surface area (Å²) in [6.45, 7) is 0. The van der Waals surface area contributed by atoms with Crippen LogP contribution >= 0.6 is 22.9 Å². The van der Waals surface area contributed by atoms with Crippen molar-refractivity contribution in [1.29, 1.82) is 0 Å². The molecule has 0 unspecified atom stereocenters. The van der Waals surface area contributed by atoms with E-state index in [4.69, 9.17) is 11.6 Å². The van der Waals surface area contributed by atoms with E-state index in [1.54, 1.807) is 17.4 Å². The van der Waals surface area contributed by atoms with Crippen LogP contribution in [-0.4, -0.2) is 4.98 Å². The van der Waals surface area contributed by atoms with Crippen LogP contribution in [0.1, 0.15) is 16.1 Å². The summed E-state index contributed by atoms with van der Waals surface area (Å²) in [5.74, 6) is 0.259. The first kappa shape index (κ1) is 10.5. The molecule has 2 rings (SSSR count). The Bertz CT molecular complexity index is 490. The second kappa shape index (κ2) is 4.64. The summed E-state index contributed by atoms with van der Waals surface area (Å²) >= 11 is 7.29. The fraction of sp³-hybridized carbons (Fsp3) is 0.182. The van der Waals surface area contributed by atoms with Crippen LogP contribution in [0.3, 0.4) is 0 Å². The predicted molar refractivity (Wildman–Crippen MR) is 63.7 cm³/mol. The van der Waals surface area contributed by atoms with Gasteiger partial charge in [0.1, 0.15) is 0 Å². The van der Waals surface area contributed by atoms with Crippen LogP contribution in [0.2, 0.25) is 0 Å². The van der Waals surface area contributed by atoms with Gasteiger partial charge in [0.2, 0.25) is 0 Å². The zero-order valence-corrected chi connectivity index (χ0v) is 9.57. The minimum atomic E-state index is -0.0842. The van der Waals surface area contributed by atoms with Gasteiger partial charge < -0.3 is 4.98 Å². The second-order valence-corrected chi connectivity index (χ2v) is 4.53. The number of rotatable bonds is 3. The highest BCUT2D eigenvalue weighted by atomic mass is 35.5. The van der Waals surface area contributed by atoms with E-state index in [2.05, 4.69) is 11.1 Å². The number of halogens is 1.